The predicted octanol–water partition coefficient (Wildman–Crippen LogP) is 5.33. The summed E-state index contributed by atoms with van der Waals surface area (Å²) in [4.78, 5) is 32.4. The molecule has 38 heavy (non-hydrogen) atoms. The van der Waals surface area contributed by atoms with E-state index in [1.807, 2.05) is 32.9 Å². The Morgan fingerprint density at radius 1 is 1.16 bits per heavy atom. The van der Waals surface area contributed by atoms with Gasteiger partial charge in [0.1, 0.15) is 5.82 Å². The summed E-state index contributed by atoms with van der Waals surface area (Å²) >= 11 is 10.6. The fourth-order valence-corrected chi connectivity index (χ4v) is 5.20. The predicted molar refractivity (Wildman–Crippen MR) is 157 cm³/mol. The summed E-state index contributed by atoms with van der Waals surface area (Å²) in [7, 11) is 0. The second-order valence-electron chi connectivity index (χ2n) is 8.78. The molecule has 0 radical (unpaired) electrons. The zero-order chi connectivity index (χ0) is 27.4. The third-order valence-corrected chi connectivity index (χ3v) is 8.46. The van der Waals surface area contributed by atoms with Gasteiger partial charge in [0.25, 0.3) is 11.5 Å². The average Bonchev–Trinajstić information content (AvgIpc) is 2.91. The molecule has 0 aliphatic carbocycles. The Kier molecular flexibility index (Phi) is 9.61. The van der Waals surface area contributed by atoms with E-state index in [0.717, 1.165) is 4.47 Å². The molecular weight excluding hydrogens is 688 g/mol. The largest absolute Gasteiger partial charge is 0.490 e. The number of nitrogens with zero attached hydrogens (tertiary/aromatic N) is 4. The molecule has 0 saturated carbocycles. The fraction of sp³-hybridized carbons (Fsp3) is 0.385. The van der Waals surface area contributed by atoms with Crippen molar-refractivity contribution >= 4 is 70.8 Å². The molecule has 0 spiro atoms. The molecule has 1 aromatic heterocycles. The Hall–Kier alpha value is -2.28. The lowest BCUT2D eigenvalue weighted by Gasteiger charge is -2.27. The van der Waals surface area contributed by atoms with E-state index in [9.17, 15) is 9.59 Å². The molecule has 3 aromatic rings. The van der Waals surface area contributed by atoms with Crippen molar-refractivity contribution in [2.75, 3.05) is 39.5 Å². The van der Waals surface area contributed by atoms with Crippen LogP contribution in [0, 0.1) is 0 Å². The van der Waals surface area contributed by atoms with E-state index < -0.39 is 0 Å². The Morgan fingerprint density at radius 3 is 2.58 bits per heavy atom. The van der Waals surface area contributed by atoms with Crippen LogP contribution < -0.4 is 15.0 Å². The van der Waals surface area contributed by atoms with Crippen molar-refractivity contribution in [1.82, 2.24) is 14.6 Å². The van der Waals surface area contributed by atoms with Crippen LogP contribution in [-0.4, -0.2) is 66.2 Å². The molecule has 12 heteroatoms. The quantitative estimate of drug-likeness (QED) is 0.293. The Labute approximate surface area is 245 Å². The van der Waals surface area contributed by atoms with Crippen LogP contribution in [0.25, 0.3) is 10.9 Å². The van der Waals surface area contributed by atoms with Crippen LogP contribution in [-0.2, 0) is 9.53 Å². The number of rotatable bonds is 8. The third-order valence-electron chi connectivity index (χ3n) is 5.82. The van der Waals surface area contributed by atoms with Crippen LogP contribution in [0.2, 0.25) is 0 Å². The molecule has 0 atom stereocenters. The smallest absolute Gasteiger partial charge is 0.282 e. The molecule has 4 rings (SSSR count). The lowest BCUT2D eigenvalue weighted by molar-refractivity contribution is -0.137. The van der Waals surface area contributed by atoms with Gasteiger partial charge in [-0.2, -0.15) is 9.78 Å². The minimum atomic E-state index is -0.266. The van der Waals surface area contributed by atoms with Crippen LogP contribution in [0.15, 0.2) is 47.6 Å². The van der Waals surface area contributed by atoms with Crippen molar-refractivity contribution in [3.8, 4) is 11.5 Å². The fourth-order valence-electron chi connectivity index (χ4n) is 3.90. The zero-order valence-electron chi connectivity index (χ0n) is 21.2. The van der Waals surface area contributed by atoms with Gasteiger partial charge in [-0.3, -0.25) is 9.59 Å². The van der Waals surface area contributed by atoms with E-state index in [1.54, 1.807) is 23.2 Å². The molecule has 1 fully saturated rings. The summed E-state index contributed by atoms with van der Waals surface area (Å²) in [6.45, 7) is 8.15. The summed E-state index contributed by atoms with van der Waals surface area (Å²) in [5.74, 6) is 1.22. The first-order chi connectivity index (χ1) is 18.2. The second kappa shape index (κ2) is 12.7. The van der Waals surface area contributed by atoms with Gasteiger partial charge in [-0.25, -0.2) is 4.98 Å². The summed E-state index contributed by atoms with van der Waals surface area (Å²) in [6, 6.07) is 7.16. The van der Waals surface area contributed by atoms with Crippen LogP contribution in [0.4, 0.5) is 0 Å². The van der Waals surface area contributed by atoms with Crippen molar-refractivity contribution in [2.24, 2.45) is 5.10 Å². The van der Waals surface area contributed by atoms with Crippen LogP contribution in [0.1, 0.15) is 38.1 Å². The van der Waals surface area contributed by atoms with E-state index in [2.05, 4.69) is 57.9 Å². The number of aromatic nitrogens is 2. The first kappa shape index (κ1) is 28.7. The van der Waals surface area contributed by atoms with E-state index in [4.69, 9.17) is 14.2 Å². The molecule has 2 aromatic carbocycles. The van der Waals surface area contributed by atoms with Gasteiger partial charge in [0.15, 0.2) is 18.1 Å². The number of benzene rings is 2. The molecular formula is C26H27Br3N4O5. The van der Waals surface area contributed by atoms with Gasteiger partial charge in [0.05, 0.1) is 41.4 Å². The molecule has 0 unspecified atom stereocenters. The van der Waals surface area contributed by atoms with Crippen molar-refractivity contribution in [2.45, 2.75) is 26.7 Å². The van der Waals surface area contributed by atoms with Crippen LogP contribution in [0.3, 0.4) is 0 Å². The SMILES string of the molecule is CCOc1cc(C=Nn2c(C(C)C)nc3ccc(Br)cc3c2=O)c(Br)c(Br)c1OCC(=O)N1CCOCC1. The number of morpholine rings is 1. The number of fused-ring (bicyclic) bond motifs is 1. The highest BCUT2D eigenvalue weighted by atomic mass is 79.9. The van der Waals surface area contributed by atoms with Gasteiger partial charge in [0.2, 0.25) is 0 Å². The second-order valence-corrected chi connectivity index (χ2v) is 11.3. The van der Waals surface area contributed by atoms with Crippen LogP contribution in [0.5, 0.6) is 11.5 Å². The number of hydrogen-bond acceptors (Lipinski definition) is 7. The van der Waals surface area contributed by atoms with Gasteiger partial charge in [-0.05, 0) is 63.0 Å². The molecule has 202 valence electrons. The molecule has 1 saturated heterocycles. The van der Waals surface area contributed by atoms with E-state index >= 15 is 0 Å². The van der Waals surface area contributed by atoms with Crippen molar-refractivity contribution in [1.29, 1.82) is 0 Å². The monoisotopic (exact) mass is 712 g/mol. The molecule has 2 heterocycles. The normalized spacial score (nSPS) is 14.0. The Bertz CT molecular complexity index is 1430. The molecule has 0 N–H and O–H groups in total. The van der Waals surface area contributed by atoms with Crippen molar-refractivity contribution in [3.63, 3.8) is 0 Å². The van der Waals surface area contributed by atoms with E-state index in [-0.39, 0.29) is 24.0 Å². The lowest BCUT2D eigenvalue weighted by Crippen LogP contribution is -2.43. The summed E-state index contributed by atoms with van der Waals surface area (Å²) in [5.41, 5.74) is 0.991. The minimum Gasteiger partial charge on any atom is -0.490 e. The third kappa shape index (κ3) is 6.30. The molecule has 1 aliphatic heterocycles. The molecule has 1 aliphatic rings. The topological polar surface area (TPSA) is 95.2 Å². The Morgan fingerprint density at radius 2 is 1.89 bits per heavy atom. The maximum Gasteiger partial charge on any atom is 0.282 e. The highest BCUT2D eigenvalue weighted by Crippen LogP contribution is 2.42. The number of halogens is 3. The van der Waals surface area contributed by atoms with Crippen molar-refractivity contribution < 1.29 is 19.0 Å². The molecule has 1 amide bonds. The average molecular weight is 715 g/mol. The number of ether oxygens (including phenoxy) is 3. The van der Waals surface area contributed by atoms with Crippen LogP contribution >= 0.6 is 47.8 Å². The minimum absolute atomic E-state index is 0.0400. The summed E-state index contributed by atoms with van der Waals surface area (Å²) in [6.07, 6.45) is 1.57. The first-order valence-corrected chi connectivity index (χ1v) is 14.5. The summed E-state index contributed by atoms with van der Waals surface area (Å²) in [5, 5.41) is 4.99. The number of carbonyl (C=O) groups is 1. The maximum atomic E-state index is 13.4. The highest BCUT2D eigenvalue weighted by Gasteiger charge is 2.22. The Balaban J connectivity index is 1.69. The number of carbonyl (C=O) groups excluding carboxylic acids is 1. The zero-order valence-corrected chi connectivity index (χ0v) is 25.9. The van der Waals surface area contributed by atoms with Gasteiger partial charge >= 0.3 is 0 Å². The first-order valence-electron chi connectivity index (χ1n) is 12.1. The highest BCUT2D eigenvalue weighted by molar-refractivity contribution is 9.13. The van der Waals surface area contributed by atoms with Gasteiger partial charge in [-0.15, -0.1) is 0 Å². The van der Waals surface area contributed by atoms with Gasteiger partial charge in [0, 0.05) is 33.5 Å². The number of amides is 1. The van der Waals surface area contributed by atoms with E-state index in [0.29, 0.717) is 75.6 Å². The standard InChI is InChI=1S/C26H27Br3N4O5/c1-4-37-20-11-16(22(28)23(29)24(20)38-14-21(34)32-7-9-36-10-8-32)13-30-33-25(15(2)3)31-19-6-5-17(27)12-18(19)26(33)35/h5-6,11-13,15H,4,7-10,14H2,1-3H3. The molecule has 9 nitrogen and oxygen atoms in total. The van der Waals surface area contributed by atoms with Gasteiger partial charge in [-0.1, -0.05) is 29.8 Å². The molecule has 0 bridgehead atoms. The number of hydrogen-bond donors (Lipinski definition) is 0. The summed E-state index contributed by atoms with van der Waals surface area (Å²) < 4.78 is 20.4. The lowest BCUT2D eigenvalue weighted by atomic mass is 10.2. The van der Waals surface area contributed by atoms with E-state index in [1.165, 1.54) is 4.68 Å². The van der Waals surface area contributed by atoms with Crippen molar-refractivity contribution in [3.05, 3.63) is 59.4 Å². The maximum absolute atomic E-state index is 13.4. The van der Waals surface area contributed by atoms with Gasteiger partial charge < -0.3 is 19.1 Å².